The van der Waals surface area contributed by atoms with E-state index in [1.165, 1.54) is 0 Å². The number of hydrogen-bond donors (Lipinski definition) is 2. The third kappa shape index (κ3) is 2.61. The molecule has 1 aliphatic rings. The van der Waals surface area contributed by atoms with Gasteiger partial charge in [0.2, 0.25) is 0 Å². The zero-order chi connectivity index (χ0) is 13.9. The number of anilines is 2. The molecule has 0 spiro atoms. The summed E-state index contributed by atoms with van der Waals surface area (Å²) in [5.41, 5.74) is 1.63. The number of carbonyl (C=O) groups is 1. The lowest BCUT2D eigenvalue weighted by atomic mass is 10.2. The first-order valence-electron chi connectivity index (χ1n) is 6.63. The van der Waals surface area contributed by atoms with Crippen molar-refractivity contribution >= 4 is 17.3 Å². The fourth-order valence-electron chi connectivity index (χ4n) is 2.08. The van der Waals surface area contributed by atoms with Crippen molar-refractivity contribution in [1.29, 1.82) is 0 Å². The summed E-state index contributed by atoms with van der Waals surface area (Å²) in [6, 6.07) is 9.56. The molecule has 1 aromatic heterocycles. The van der Waals surface area contributed by atoms with Gasteiger partial charge in [0.25, 0.3) is 5.91 Å². The second-order valence-electron chi connectivity index (χ2n) is 4.62. The summed E-state index contributed by atoms with van der Waals surface area (Å²) in [6.07, 6.45) is 0.895. The molecule has 0 saturated heterocycles. The summed E-state index contributed by atoms with van der Waals surface area (Å²) in [7, 11) is 0. The topological polar surface area (TPSA) is 63.5 Å². The molecule has 0 unspecified atom stereocenters. The first-order valence-corrected chi connectivity index (χ1v) is 6.63. The molecule has 0 aliphatic carbocycles. The summed E-state index contributed by atoms with van der Waals surface area (Å²) < 4.78 is 11.0. The second kappa shape index (κ2) is 5.28. The van der Waals surface area contributed by atoms with Crippen LogP contribution in [0.1, 0.15) is 18.4 Å². The molecular weight excluding hydrogens is 256 g/mol. The average molecular weight is 272 g/mol. The zero-order valence-electron chi connectivity index (χ0n) is 11.2. The number of hydrogen-bond acceptors (Lipinski definition) is 4. The fourth-order valence-corrected chi connectivity index (χ4v) is 2.08. The minimum atomic E-state index is -0.124. The molecule has 0 saturated carbocycles. The summed E-state index contributed by atoms with van der Waals surface area (Å²) >= 11 is 0. The van der Waals surface area contributed by atoms with Gasteiger partial charge in [0.15, 0.2) is 6.61 Å². The third-order valence-electron chi connectivity index (χ3n) is 3.15. The lowest BCUT2D eigenvalue weighted by Gasteiger charge is -2.18. The molecule has 0 bridgehead atoms. The third-order valence-corrected chi connectivity index (χ3v) is 3.15. The van der Waals surface area contributed by atoms with Crippen molar-refractivity contribution in [2.24, 2.45) is 0 Å². The van der Waals surface area contributed by atoms with Gasteiger partial charge in [-0.05, 0) is 24.3 Å². The number of furan rings is 1. The van der Waals surface area contributed by atoms with E-state index in [9.17, 15) is 4.79 Å². The molecule has 0 atom stereocenters. The van der Waals surface area contributed by atoms with E-state index in [4.69, 9.17) is 9.15 Å². The van der Waals surface area contributed by atoms with Gasteiger partial charge in [0.1, 0.15) is 17.3 Å². The molecule has 5 heteroatoms. The maximum Gasteiger partial charge on any atom is 0.262 e. The predicted octanol–water partition coefficient (Wildman–Crippen LogP) is 2.79. The number of rotatable bonds is 4. The van der Waals surface area contributed by atoms with Gasteiger partial charge in [-0.3, -0.25) is 4.79 Å². The Morgan fingerprint density at radius 2 is 2.10 bits per heavy atom. The van der Waals surface area contributed by atoms with Crippen LogP contribution in [0.25, 0.3) is 0 Å². The summed E-state index contributed by atoms with van der Waals surface area (Å²) in [5.74, 6) is 2.44. The molecule has 3 rings (SSSR count). The number of nitrogens with one attached hydrogen (secondary N) is 2. The van der Waals surface area contributed by atoms with Gasteiger partial charge >= 0.3 is 0 Å². The molecule has 2 aromatic rings. The Balaban J connectivity index is 1.67. The highest BCUT2D eigenvalue weighted by molar-refractivity contribution is 5.95. The Hall–Kier alpha value is -2.43. The van der Waals surface area contributed by atoms with E-state index < -0.39 is 0 Å². The van der Waals surface area contributed by atoms with Gasteiger partial charge in [0.05, 0.1) is 12.2 Å². The molecular formula is C15H16N2O3. The SMILES string of the molecule is CCc1ccc(CNc2ccc3c(c2)OCC(=O)N3)o1. The van der Waals surface area contributed by atoms with Gasteiger partial charge in [-0.15, -0.1) is 0 Å². The Bertz CT molecular complexity index is 634. The standard InChI is InChI=1S/C15H16N2O3/c1-2-11-4-5-12(20-11)8-16-10-3-6-13-14(7-10)19-9-15(18)17-13/h3-7,16H,2,8-9H2,1H3,(H,17,18). The average Bonchev–Trinajstić information content (AvgIpc) is 2.93. The molecule has 0 fully saturated rings. The summed E-state index contributed by atoms with van der Waals surface area (Å²) in [6.45, 7) is 2.74. The van der Waals surface area contributed by atoms with Crippen LogP contribution in [-0.2, 0) is 17.8 Å². The van der Waals surface area contributed by atoms with E-state index in [1.54, 1.807) is 0 Å². The summed E-state index contributed by atoms with van der Waals surface area (Å²) in [4.78, 5) is 11.2. The van der Waals surface area contributed by atoms with Gasteiger partial charge < -0.3 is 19.8 Å². The van der Waals surface area contributed by atoms with E-state index in [0.29, 0.717) is 18.0 Å². The maximum absolute atomic E-state index is 11.2. The Labute approximate surface area is 116 Å². The van der Waals surface area contributed by atoms with Crippen LogP contribution in [0.15, 0.2) is 34.7 Å². The van der Waals surface area contributed by atoms with Crippen LogP contribution in [0, 0.1) is 0 Å². The monoisotopic (exact) mass is 272 g/mol. The number of amides is 1. The Morgan fingerprint density at radius 1 is 1.25 bits per heavy atom. The fraction of sp³-hybridized carbons (Fsp3) is 0.267. The smallest absolute Gasteiger partial charge is 0.262 e. The van der Waals surface area contributed by atoms with Crippen molar-refractivity contribution < 1.29 is 13.9 Å². The maximum atomic E-state index is 11.2. The zero-order valence-corrected chi connectivity index (χ0v) is 11.2. The van der Waals surface area contributed by atoms with Crippen LogP contribution < -0.4 is 15.4 Å². The van der Waals surface area contributed by atoms with E-state index in [1.807, 2.05) is 30.3 Å². The first kappa shape index (κ1) is 12.6. The number of aryl methyl sites for hydroxylation is 1. The number of ether oxygens (including phenoxy) is 1. The van der Waals surface area contributed by atoms with Crippen molar-refractivity contribution in [2.75, 3.05) is 17.2 Å². The Kier molecular flexibility index (Phi) is 3.33. The number of benzene rings is 1. The van der Waals surface area contributed by atoms with E-state index in [0.717, 1.165) is 23.6 Å². The summed E-state index contributed by atoms with van der Waals surface area (Å²) in [5, 5.41) is 6.03. The van der Waals surface area contributed by atoms with Crippen molar-refractivity contribution in [2.45, 2.75) is 19.9 Å². The quantitative estimate of drug-likeness (QED) is 0.898. The molecule has 0 radical (unpaired) electrons. The van der Waals surface area contributed by atoms with Crippen molar-refractivity contribution in [1.82, 2.24) is 0 Å². The first-order chi connectivity index (χ1) is 9.74. The van der Waals surface area contributed by atoms with E-state index in [-0.39, 0.29) is 12.5 Å². The second-order valence-corrected chi connectivity index (χ2v) is 4.62. The largest absolute Gasteiger partial charge is 0.482 e. The predicted molar refractivity (Wildman–Crippen MR) is 76.0 cm³/mol. The number of carbonyl (C=O) groups excluding carboxylic acids is 1. The Morgan fingerprint density at radius 3 is 2.90 bits per heavy atom. The molecule has 104 valence electrons. The molecule has 20 heavy (non-hydrogen) atoms. The highest BCUT2D eigenvalue weighted by Gasteiger charge is 2.15. The molecule has 2 heterocycles. The lowest BCUT2D eigenvalue weighted by Crippen LogP contribution is -2.25. The molecule has 1 aromatic carbocycles. The van der Waals surface area contributed by atoms with Crippen LogP contribution in [0.5, 0.6) is 5.75 Å². The normalized spacial score (nSPS) is 13.3. The van der Waals surface area contributed by atoms with Gasteiger partial charge in [0, 0.05) is 18.2 Å². The highest BCUT2D eigenvalue weighted by Crippen LogP contribution is 2.30. The molecule has 2 N–H and O–H groups in total. The van der Waals surface area contributed by atoms with Crippen LogP contribution in [-0.4, -0.2) is 12.5 Å². The van der Waals surface area contributed by atoms with E-state index >= 15 is 0 Å². The molecule has 1 aliphatic heterocycles. The van der Waals surface area contributed by atoms with Crippen LogP contribution in [0.2, 0.25) is 0 Å². The van der Waals surface area contributed by atoms with Crippen LogP contribution in [0.3, 0.4) is 0 Å². The highest BCUT2D eigenvalue weighted by atomic mass is 16.5. The number of fused-ring (bicyclic) bond motifs is 1. The van der Waals surface area contributed by atoms with Crippen molar-refractivity contribution in [3.63, 3.8) is 0 Å². The van der Waals surface area contributed by atoms with Gasteiger partial charge in [-0.25, -0.2) is 0 Å². The van der Waals surface area contributed by atoms with Crippen molar-refractivity contribution in [3.8, 4) is 5.75 Å². The van der Waals surface area contributed by atoms with Crippen LogP contribution in [0.4, 0.5) is 11.4 Å². The van der Waals surface area contributed by atoms with Gasteiger partial charge in [-0.1, -0.05) is 6.92 Å². The van der Waals surface area contributed by atoms with Crippen molar-refractivity contribution in [3.05, 3.63) is 41.9 Å². The minimum absolute atomic E-state index is 0.0640. The lowest BCUT2D eigenvalue weighted by molar-refractivity contribution is -0.118. The molecule has 5 nitrogen and oxygen atoms in total. The molecule has 1 amide bonds. The van der Waals surface area contributed by atoms with E-state index in [2.05, 4.69) is 17.6 Å². The minimum Gasteiger partial charge on any atom is -0.482 e. The van der Waals surface area contributed by atoms with Crippen LogP contribution >= 0.6 is 0 Å². The van der Waals surface area contributed by atoms with Gasteiger partial charge in [-0.2, -0.15) is 0 Å².